The van der Waals surface area contributed by atoms with Crippen molar-refractivity contribution in [2.24, 2.45) is 5.73 Å². The number of fused-ring (bicyclic) bond motifs is 1. The number of pyridine rings is 1. The summed E-state index contributed by atoms with van der Waals surface area (Å²) < 4.78 is 0. The van der Waals surface area contributed by atoms with Crippen LogP contribution in [0.2, 0.25) is 5.02 Å². The number of H-pyrrole nitrogens is 1. The summed E-state index contributed by atoms with van der Waals surface area (Å²) in [7, 11) is 0. The molecule has 3 heterocycles. The number of nitrogens with two attached hydrogens (primary N) is 1. The summed E-state index contributed by atoms with van der Waals surface area (Å²) in [6, 6.07) is 19.9. The number of thiophene rings is 1. The van der Waals surface area contributed by atoms with Gasteiger partial charge in [0.25, 0.3) is 0 Å². The monoisotopic (exact) mass is 528 g/mol. The Hall–Kier alpha value is -4.40. The van der Waals surface area contributed by atoms with Crippen molar-refractivity contribution in [3.63, 3.8) is 0 Å². The topological polar surface area (TPSA) is 121 Å². The van der Waals surface area contributed by atoms with Crippen LogP contribution in [0.15, 0.2) is 78.3 Å². The molecule has 2 aromatic carbocycles. The number of rotatable bonds is 7. The van der Waals surface area contributed by atoms with Crippen LogP contribution in [0.5, 0.6) is 5.75 Å². The minimum atomic E-state index is -0.642. The van der Waals surface area contributed by atoms with Gasteiger partial charge in [0, 0.05) is 27.6 Å². The summed E-state index contributed by atoms with van der Waals surface area (Å²) in [6.07, 6.45) is 3.55. The van der Waals surface area contributed by atoms with E-state index in [1.54, 1.807) is 41.8 Å². The molecule has 37 heavy (non-hydrogen) atoms. The van der Waals surface area contributed by atoms with Gasteiger partial charge in [-0.1, -0.05) is 48.0 Å². The minimum Gasteiger partial charge on any atom is -0.506 e. The summed E-state index contributed by atoms with van der Waals surface area (Å²) in [4.78, 5) is 33.5. The van der Waals surface area contributed by atoms with E-state index in [2.05, 4.69) is 21.4 Å². The second-order valence-electron chi connectivity index (χ2n) is 8.32. The fourth-order valence-electron chi connectivity index (χ4n) is 3.94. The first-order chi connectivity index (χ1) is 17.9. The van der Waals surface area contributed by atoms with Crippen molar-refractivity contribution in [1.82, 2.24) is 9.97 Å². The molecule has 0 unspecified atom stereocenters. The molecule has 0 saturated heterocycles. The Kier molecular flexibility index (Phi) is 6.76. The van der Waals surface area contributed by atoms with E-state index in [-0.39, 0.29) is 28.7 Å². The maximum atomic E-state index is 12.6. The number of nitrogens with zero attached hydrogens (tertiary/aromatic N) is 1. The lowest BCUT2D eigenvalue weighted by Gasteiger charge is -2.07. The number of nitrogens with one attached hydrogen (secondary N) is 2. The number of phenolic OH excluding ortho intramolecular Hbond substituents is 1. The number of primary amides is 1. The molecule has 2 amide bonds. The zero-order valence-corrected chi connectivity index (χ0v) is 20.9. The molecule has 0 aliphatic carbocycles. The van der Waals surface area contributed by atoms with Gasteiger partial charge in [-0.25, -0.2) is 4.98 Å². The third-order valence-electron chi connectivity index (χ3n) is 5.79. The third-order valence-corrected chi connectivity index (χ3v) is 7.01. The Morgan fingerprint density at radius 2 is 1.92 bits per heavy atom. The van der Waals surface area contributed by atoms with E-state index >= 15 is 0 Å². The largest absolute Gasteiger partial charge is 0.506 e. The second kappa shape index (κ2) is 10.3. The fraction of sp³-hybridized carbons (Fsp3) is 0.0357. The number of amides is 2. The highest BCUT2D eigenvalue weighted by atomic mass is 35.5. The highest BCUT2D eigenvalue weighted by Crippen LogP contribution is 2.30. The lowest BCUT2D eigenvalue weighted by Crippen LogP contribution is -2.15. The summed E-state index contributed by atoms with van der Waals surface area (Å²) in [6.45, 7) is 0. The highest BCUT2D eigenvalue weighted by Gasteiger charge is 2.14. The molecule has 0 aliphatic heterocycles. The summed E-state index contributed by atoms with van der Waals surface area (Å²) in [5.74, 6) is -0.500. The van der Waals surface area contributed by atoms with E-state index < -0.39 is 5.91 Å². The quantitative estimate of drug-likeness (QED) is 0.198. The summed E-state index contributed by atoms with van der Waals surface area (Å²) >= 11 is 7.67. The van der Waals surface area contributed by atoms with Crippen molar-refractivity contribution in [1.29, 1.82) is 0 Å². The Morgan fingerprint density at radius 3 is 2.62 bits per heavy atom. The molecule has 0 atom stereocenters. The number of carbonyl (C=O) groups excluding carboxylic acids is 2. The first-order valence-electron chi connectivity index (χ1n) is 11.3. The van der Waals surface area contributed by atoms with Gasteiger partial charge in [0.15, 0.2) is 0 Å². The molecule has 184 valence electrons. The van der Waals surface area contributed by atoms with Crippen LogP contribution in [0.25, 0.3) is 33.1 Å². The smallest absolute Gasteiger partial charge is 0.249 e. The van der Waals surface area contributed by atoms with Crippen LogP contribution >= 0.6 is 22.9 Å². The standard InChI is InChI=1S/C28H21ClN4O3S/c29-22-14-18(7-9-23(22)34)21(27(30)36)13-19-15-31-28-20(19)8-10-25(33-28)32-26(35)12-16-3-5-17(6-4-16)24-2-1-11-37-24/h1-11,13-15,34H,12H2,(H2,30,36)(H2,31,32,33,35). The Morgan fingerprint density at radius 1 is 1.11 bits per heavy atom. The third kappa shape index (κ3) is 5.40. The van der Waals surface area contributed by atoms with Crippen LogP contribution in [0.4, 0.5) is 5.82 Å². The van der Waals surface area contributed by atoms with Gasteiger partial charge in [-0.3, -0.25) is 9.59 Å². The molecule has 0 radical (unpaired) electrons. The predicted octanol–water partition coefficient (Wildman–Crippen LogP) is 5.86. The number of anilines is 1. The van der Waals surface area contributed by atoms with E-state index in [9.17, 15) is 14.7 Å². The van der Waals surface area contributed by atoms with Crippen molar-refractivity contribution in [2.45, 2.75) is 6.42 Å². The number of phenols is 1. The average molecular weight is 529 g/mol. The van der Waals surface area contributed by atoms with Gasteiger partial charge in [-0.05, 0) is 58.5 Å². The van der Waals surface area contributed by atoms with Gasteiger partial charge in [0.1, 0.15) is 17.2 Å². The number of aromatic hydroxyl groups is 1. The number of halogens is 1. The van der Waals surface area contributed by atoms with Gasteiger partial charge in [-0.2, -0.15) is 0 Å². The molecule has 0 spiro atoms. The minimum absolute atomic E-state index is 0.0875. The van der Waals surface area contributed by atoms with Gasteiger partial charge < -0.3 is 21.1 Å². The molecular weight excluding hydrogens is 508 g/mol. The van der Waals surface area contributed by atoms with Crippen molar-refractivity contribution < 1.29 is 14.7 Å². The van der Waals surface area contributed by atoms with Gasteiger partial charge in [-0.15, -0.1) is 11.3 Å². The van der Waals surface area contributed by atoms with Gasteiger partial charge >= 0.3 is 0 Å². The number of hydrogen-bond acceptors (Lipinski definition) is 5. The molecule has 0 aliphatic rings. The maximum absolute atomic E-state index is 12.6. The molecule has 7 nitrogen and oxygen atoms in total. The SMILES string of the molecule is NC(=O)C(=Cc1c[nH]c2nc(NC(=O)Cc3ccc(-c4cccs4)cc3)ccc12)c1ccc(O)c(Cl)c1. The van der Waals surface area contributed by atoms with Crippen LogP contribution in [0.1, 0.15) is 16.7 Å². The van der Waals surface area contributed by atoms with Crippen molar-refractivity contribution >= 4 is 63.3 Å². The van der Waals surface area contributed by atoms with E-state index in [1.807, 2.05) is 35.7 Å². The maximum Gasteiger partial charge on any atom is 0.249 e. The molecule has 0 fully saturated rings. The summed E-state index contributed by atoms with van der Waals surface area (Å²) in [5, 5.41) is 15.4. The zero-order valence-electron chi connectivity index (χ0n) is 19.4. The van der Waals surface area contributed by atoms with Crippen LogP contribution in [-0.2, 0) is 16.0 Å². The number of carbonyl (C=O) groups is 2. The zero-order chi connectivity index (χ0) is 25.9. The fourth-order valence-corrected chi connectivity index (χ4v) is 4.86. The molecule has 0 saturated carbocycles. The molecule has 9 heteroatoms. The van der Waals surface area contributed by atoms with Crippen LogP contribution < -0.4 is 11.1 Å². The molecule has 5 rings (SSSR count). The first kappa shape index (κ1) is 24.3. The highest BCUT2D eigenvalue weighted by molar-refractivity contribution is 7.13. The van der Waals surface area contributed by atoms with E-state index in [4.69, 9.17) is 17.3 Å². The summed E-state index contributed by atoms with van der Waals surface area (Å²) in [5.41, 5.74) is 9.56. The number of hydrogen-bond donors (Lipinski definition) is 4. The lowest BCUT2D eigenvalue weighted by atomic mass is 10.0. The molecule has 0 bridgehead atoms. The van der Waals surface area contributed by atoms with E-state index in [0.29, 0.717) is 22.6 Å². The first-order valence-corrected chi connectivity index (χ1v) is 12.5. The van der Waals surface area contributed by atoms with Crippen molar-refractivity contribution in [3.8, 4) is 16.2 Å². The normalized spacial score (nSPS) is 11.5. The predicted molar refractivity (Wildman–Crippen MR) is 148 cm³/mol. The van der Waals surface area contributed by atoms with Crippen LogP contribution in [0, 0.1) is 0 Å². The molecule has 5 N–H and O–H groups in total. The molecular formula is C28H21ClN4O3S. The van der Waals surface area contributed by atoms with Gasteiger partial charge in [0.05, 0.1) is 11.4 Å². The molecule has 3 aromatic heterocycles. The second-order valence-corrected chi connectivity index (χ2v) is 9.68. The van der Waals surface area contributed by atoms with Crippen LogP contribution in [0.3, 0.4) is 0 Å². The Balaban J connectivity index is 1.32. The average Bonchev–Trinajstić information content (AvgIpc) is 3.55. The van der Waals surface area contributed by atoms with E-state index in [0.717, 1.165) is 16.5 Å². The molecule has 5 aromatic rings. The number of benzene rings is 2. The number of aromatic amines is 1. The van der Waals surface area contributed by atoms with Crippen molar-refractivity contribution in [3.05, 3.63) is 100 Å². The van der Waals surface area contributed by atoms with Crippen molar-refractivity contribution in [2.75, 3.05) is 5.32 Å². The Bertz CT molecular complexity index is 1640. The lowest BCUT2D eigenvalue weighted by molar-refractivity contribution is -0.115. The van der Waals surface area contributed by atoms with E-state index in [1.165, 1.54) is 17.0 Å². The Labute approximate surface area is 221 Å². The van der Waals surface area contributed by atoms with Crippen LogP contribution in [-0.4, -0.2) is 26.9 Å². The van der Waals surface area contributed by atoms with Gasteiger partial charge in [0.2, 0.25) is 11.8 Å². The number of aromatic nitrogens is 2.